The van der Waals surface area contributed by atoms with E-state index >= 15 is 0 Å². The van der Waals surface area contributed by atoms with Crippen molar-refractivity contribution in [2.75, 3.05) is 0 Å². The summed E-state index contributed by atoms with van der Waals surface area (Å²) in [6.07, 6.45) is 6.57. The van der Waals surface area contributed by atoms with Crippen molar-refractivity contribution < 1.29 is 14.3 Å². The lowest BCUT2D eigenvalue weighted by atomic mass is 9.88. The molecule has 1 aliphatic rings. The standard InChI is InChI=1S/C14H20FNO.C12H16O.C5H10/c1-6-10(3)16-13-9(2)7-11(8-12(13)15)14(4,5)17;1-3-12(13)9-10(2)11-7-5-4-6-8-11;1-5-3-2-4-5/h7-8,17H,6H2,1-5H3;4-8,10H,3,9H2,1-2H3;5H,2-4H2,1H3. The van der Waals surface area contributed by atoms with Crippen LogP contribution < -0.4 is 0 Å². The molecule has 0 saturated heterocycles. The number of Topliss-reactive ketones (excluding diaryl/α,β-unsaturated/α-hetero) is 1. The van der Waals surface area contributed by atoms with Gasteiger partial charge in [0.25, 0.3) is 0 Å². The number of rotatable bonds is 7. The average Bonchev–Trinajstić information content (AvgIpc) is 2.80. The van der Waals surface area contributed by atoms with Gasteiger partial charge in [-0.1, -0.05) is 83.4 Å². The minimum absolute atomic E-state index is 0.344. The fraction of sp³-hybridized carbons (Fsp3) is 0.548. The third-order valence-electron chi connectivity index (χ3n) is 6.47. The van der Waals surface area contributed by atoms with Crippen molar-refractivity contribution in [2.24, 2.45) is 10.9 Å². The number of aryl methyl sites for hydroxylation is 1. The molecular weight excluding hydrogens is 437 g/mol. The van der Waals surface area contributed by atoms with Crippen LogP contribution in [0.3, 0.4) is 0 Å². The molecule has 3 nitrogen and oxygen atoms in total. The molecule has 2 aromatic rings. The minimum atomic E-state index is -1.03. The summed E-state index contributed by atoms with van der Waals surface area (Å²) in [7, 11) is 0. The Morgan fingerprint density at radius 3 is 2.11 bits per heavy atom. The van der Waals surface area contributed by atoms with Crippen LogP contribution >= 0.6 is 0 Å². The van der Waals surface area contributed by atoms with Gasteiger partial charge in [-0.15, -0.1) is 0 Å². The Bertz CT molecular complexity index is 917. The van der Waals surface area contributed by atoms with E-state index in [9.17, 15) is 14.3 Å². The van der Waals surface area contributed by atoms with Crippen LogP contribution in [0, 0.1) is 18.7 Å². The maximum Gasteiger partial charge on any atom is 0.149 e. The first-order valence-corrected chi connectivity index (χ1v) is 13.0. The van der Waals surface area contributed by atoms with Crippen molar-refractivity contribution in [1.82, 2.24) is 0 Å². The summed E-state index contributed by atoms with van der Waals surface area (Å²) in [6.45, 7) is 15.3. The van der Waals surface area contributed by atoms with Gasteiger partial charge in [0.2, 0.25) is 0 Å². The highest BCUT2D eigenvalue weighted by Gasteiger charge is 2.19. The Hall–Kier alpha value is -2.33. The molecule has 1 unspecified atom stereocenters. The van der Waals surface area contributed by atoms with Crippen LogP contribution in [0.5, 0.6) is 0 Å². The van der Waals surface area contributed by atoms with Gasteiger partial charge >= 0.3 is 0 Å². The number of benzene rings is 2. The molecule has 35 heavy (non-hydrogen) atoms. The largest absolute Gasteiger partial charge is 0.386 e. The van der Waals surface area contributed by atoms with E-state index in [2.05, 4.69) is 31.0 Å². The van der Waals surface area contributed by atoms with Crippen LogP contribution in [0.4, 0.5) is 10.1 Å². The van der Waals surface area contributed by atoms with Crippen LogP contribution in [0.1, 0.15) is 110 Å². The van der Waals surface area contributed by atoms with Crippen LogP contribution in [-0.2, 0) is 10.4 Å². The van der Waals surface area contributed by atoms with E-state index in [0.29, 0.717) is 35.8 Å². The molecule has 1 aliphatic carbocycles. The number of nitrogens with zero attached hydrogens (tertiary/aromatic N) is 1. The van der Waals surface area contributed by atoms with Crippen LogP contribution in [-0.4, -0.2) is 16.6 Å². The van der Waals surface area contributed by atoms with Crippen LogP contribution in [0.2, 0.25) is 0 Å². The van der Waals surface area contributed by atoms with Gasteiger partial charge in [-0.05, 0) is 68.7 Å². The summed E-state index contributed by atoms with van der Waals surface area (Å²) >= 11 is 0. The molecule has 2 aromatic carbocycles. The molecule has 1 fully saturated rings. The molecule has 3 rings (SSSR count). The highest BCUT2D eigenvalue weighted by Crippen LogP contribution is 2.30. The summed E-state index contributed by atoms with van der Waals surface area (Å²) in [5.41, 5.74) is 2.80. The fourth-order valence-electron chi connectivity index (χ4n) is 3.50. The molecule has 194 valence electrons. The second kappa shape index (κ2) is 14.9. The Kier molecular flexibility index (Phi) is 13.1. The first kappa shape index (κ1) is 30.7. The number of carbonyl (C=O) groups excluding carboxylic acids is 1. The van der Waals surface area contributed by atoms with Gasteiger partial charge in [0, 0.05) is 18.6 Å². The highest BCUT2D eigenvalue weighted by molar-refractivity contribution is 5.84. The molecule has 1 atom stereocenters. The molecule has 0 amide bonds. The van der Waals surface area contributed by atoms with Gasteiger partial charge in [0.05, 0.1) is 5.60 Å². The summed E-state index contributed by atoms with van der Waals surface area (Å²) in [5, 5.41) is 9.85. The van der Waals surface area contributed by atoms with E-state index in [1.807, 2.05) is 39.0 Å². The van der Waals surface area contributed by atoms with Gasteiger partial charge in [-0.25, -0.2) is 4.39 Å². The second-order valence-electron chi connectivity index (χ2n) is 10.3. The zero-order chi connectivity index (χ0) is 26.6. The van der Waals surface area contributed by atoms with Gasteiger partial charge in [0.15, 0.2) is 0 Å². The van der Waals surface area contributed by atoms with Crippen molar-refractivity contribution in [3.05, 3.63) is 65.0 Å². The predicted molar refractivity (Wildman–Crippen MR) is 147 cm³/mol. The zero-order valence-electron chi connectivity index (χ0n) is 23.1. The topological polar surface area (TPSA) is 49.7 Å². The van der Waals surface area contributed by atoms with E-state index in [0.717, 1.165) is 23.6 Å². The lowest BCUT2D eigenvalue weighted by molar-refractivity contribution is -0.119. The SMILES string of the molecule is CC1CCC1.CCC(=O)CC(C)c1ccccc1.CCC(C)=Nc1c(C)cc(C(C)(C)O)cc1F. The molecule has 0 aliphatic heterocycles. The smallest absolute Gasteiger partial charge is 0.149 e. The molecule has 4 heteroatoms. The number of halogens is 1. The Morgan fingerprint density at radius 2 is 1.71 bits per heavy atom. The molecule has 1 N–H and O–H groups in total. The van der Waals surface area contributed by atoms with Gasteiger partial charge in [-0.2, -0.15) is 0 Å². The number of ketones is 1. The van der Waals surface area contributed by atoms with Crippen molar-refractivity contribution in [3.8, 4) is 0 Å². The second-order valence-corrected chi connectivity index (χ2v) is 10.3. The van der Waals surface area contributed by atoms with Crippen molar-refractivity contribution in [3.63, 3.8) is 0 Å². The maximum atomic E-state index is 13.9. The van der Waals surface area contributed by atoms with E-state index in [-0.39, 0.29) is 5.82 Å². The van der Waals surface area contributed by atoms with E-state index in [1.54, 1.807) is 26.8 Å². The van der Waals surface area contributed by atoms with E-state index < -0.39 is 5.60 Å². The Labute approximate surface area is 212 Å². The lowest BCUT2D eigenvalue weighted by Gasteiger charge is -2.19. The molecular formula is C31H46FNO2. The number of hydrogen-bond donors (Lipinski definition) is 1. The van der Waals surface area contributed by atoms with Crippen molar-refractivity contribution >= 4 is 17.2 Å². The summed E-state index contributed by atoms with van der Waals surface area (Å²) in [5.74, 6) is 1.38. The Balaban J connectivity index is 0.000000298. The normalized spacial score (nSPS) is 14.6. The molecule has 0 heterocycles. The average molecular weight is 484 g/mol. The first-order valence-electron chi connectivity index (χ1n) is 13.0. The summed E-state index contributed by atoms with van der Waals surface area (Å²) < 4.78 is 13.9. The van der Waals surface area contributed by atoms with Crippen LogP contribution in [0.15, 0.2) is 47.5 Å². The molecule has 0 bridgehead atoms. The third kappa shape index (κ3) is 11.3. The fourth-order valence-corrected chi connectivity index (χ4v) is 3.50. The lowest BCUT2D eigenvalue weighted by Crippen LogP contribution is -2.16. The van der Waals surface area contributed by atoms with Crippen molar-refractivity contribution in [2.45, 2.75) is 105 Å². The van der Waals surface area contributed by atoms with Crippen LogP contribution in [0.25, 0.3) is 0 Å². The number of hydrogen-bond acceptors (Lipinski definition) is 3. The summed E-state index contributed by atoms with van der Waals surface area (Å²) in [4.78, 5) is 15.5. The predicted octanol–water partition coefficient (Wildman–Crippen LogP) is 8.83. The van der Waals surface area contributed by atoms with E-state index in [1.165, 1.54) is 30.9 Å². The highest BCUT2D eigenvalue weighted by atomic mass is 19.1. The number of aliphatic hydroxyl groups is 1. The van der Waals surface area contributed by atoms with Gasteiger partial charge in [-0.3, -0.25) is 9.79 Å². The van der Waals surface area contributed by atoms with Gasteiger partial charge in [0.1, 0.15) is 17.3 Å². The molecule has 0 spiro atoms. The number of aliphatic imine (C=N–C) groups is 1. The molecule has 0 aromatic heterocycles. The monoisotopic (exact) mass is 483 g/mol. The van der Waals surface area contributed by atoms with E-state index in [4.69, 9.17) is 0 Å². The quantitative estimate of drug-likeness (QED) is 0.400. The first-order chi connectivity index (χ1) is 16.4. The maximum absolute atomic E-state index is 13.9. The third-order valence-corrected chi connectivity index (χ3v) is 6.47. The molecule has 1 saturated carbocycles. The summed E-state index contributed by atoms with van der Waals surface area (Å²) in [6, 6.07) is 13.3. The minimum Gasteiger partial charge on any atom is -0.386 e. The van der Waals surface area contributed by atoms with Gasteiger partial charge < -0.3 is 5.11 Å². The van der Waals surface area contributed by atoms with Crippen molar-refractivity contribution in [1.29, 1.82) is 0 Å². The zero-order valence-corrected chi connectivity index (χ0v) is 23.1. The number of carbonyl (C=O) groups is 1. The Morgan fingerprint density at radius 1 is 1.14 bits per heavy atom. The molecule has 0 radical (unpaired) electrons.